The van der Waals surface area contributed by atoms with Gasteiger partial charge in [-0.05, 0) is 54.8 Å². The molecular weight excluding hydrogens is 456 g/mol. The average molecular weight is 478 g/mol. The Bertz CT molecular complexity index is 1300. The van der Waals surface area contributed by atoms with Gasteiger partial charge in [0.1, 0.15) is 5.75 Å². The van der Waals surface area contributed by atoms with E-state index < -0.39 is 21.5 Å². The number of non-ortho nitro benzene ring substituents is 1. The zero-order chi connectivity index (χ0) is 25.5. The minimum Gasteiger partial charge on any atom is -0.493 e. The molecule has 0 unspecified atom stereocenters. The molecule has 3 aromatic rings. The minimum atomic E-state index is -0.696. The van der Waals surface area contributed by atoms with E-state index in [-0.39, 0.29) is 29.4 Å². The van der Waals surface area contributed by atoms with Gasteiger partial charge in [0, 0.05) is 6.07 Å². The van der Waals surface area contributed by atoms with Gasteiger partial charge < -0.3 is 14.2 Å². The van der Waals surface area contributed by atoms with Gasteiger partial charge in [0.05, 0.1) is 28.6 Å². The van der Waals surface area contributed by atoms with Gasteiger partial charge in [-0.3, -0.25) is 20.2 Å². The molecule has 0 aliphatic heterocycles. The minimum absolute atomic E-state index is 0.182. The van der Waals surface area contributed by atoms with Crippen molar-refractivity contribution in [3.63, 3.8) is 0 Å². The summed E-state index contributed by atoms with van der Waals surface area (Å²) in [5.41, 5.74) is 1.83. The molecule has 0 spiro atoms. The Kier molecular flexibility index (Phi) is 7.77. The van der Waals surface area contributed by atoms with Crippen molar-refractivity contribution >= 4 is 29.5 Å². The van der Waals surface area contributed by atoms with Crippen molar-refractivity contribution in [3.8, 4) is 17.2 Å². The van der Waals surface area contributed by atoms with E-state index in [1.807, 2.05) is 32.0 Å². The Hall–Kier alpha value is -4.73. The van der Waals surface area contributed by atoms with E-state index >= 15 is 0 Å². The lowest BCUT2D eigenvalue weighted by Gasteiger charge is -2.13. The first-order valence-corrected chi connectivity index (χ1v) is 10.4. The molecule has 0 amide bonds. The van der Waals surface area contributed by atoms with E-state index in [0.717, 1.165) is 17.2 Å². The topological polar surface area (TPSA) is 131 Å². The number of benzene rings is 3. The van der Waals surface area contributed by atoms with Crippen molar-refractivity contribution in [1.29, 1.82) is 0 Å². The number of nitrogens with zero attached hydrogens (tertiary/aromatic N) is 2. The second-order valence-corrected chi connectivity index (χ2v) is 7.48. The molecule has 0 radical (unpaired) electrons. The van der Waals surface area contributed by atoms with Crippen LogP contribution in [0.25, 0.3) is 12.2 Å². The van der Waals surface area contributed by atoms with Crippen molar-refractivity contribution < 1.29 is 28.9 Å². The number of ether oxygens (including phenoxy) is 3. The van der Waals surface area contributed by atoms with Gasteiger partial charge in [-0.2, -0.15) is 0 Å². The lowest BCUT2D eigenvalue weighted by molar-refractivity contribution is -0.394. The molecule has 0 aliphatic carbocycles. The molecule has 0 fully saturated rings. The van der Waals surface area contributed by atoms with Gasteiger partial charge in [0.2, 0.25) is 0 Å². The summed E-state index contributed by atoms with van der Waals surface area (Å²) in [5, 5.41) is 22.2. The average Bonchev–Trinajstić information content (AvgIpc) is 2.82. The Morgan fingerprint density at radius 2 is 1.63 bits per heavy atom. The van der Waals surface area contributed by atoms with Gasteiger partial charge >= 0.3 is 5.97 Å². The Balaban J connectivity index is 1.74. The first-order chi connectivity index (χ1) is 16.7. The number of rotatable bonds is 9. The predicted octanol–water partition coefficient (Wildman–Crippen LogP) is 5.28. The number of para-hydroxylation sites is 1. The maximum atomic E-state index is 12.3. The monoisotopic (exact) mass is 478 g/mol. The van der Waals surface area contributed by atoms with E-state index in [1.165, 1.54) is 31.4 Å². The highest BCUT2D eigenvalue weighted by atomic mass is 16.6. The smallest absolute Gasteiger partial charge is 0.349 e. The molecule has 3 rings (SSSR count). The van der Waals surface area contributed by atoms with Crippen LogP contribution in [0.15, 0.2) is 54.6 Å². The van der Waals surface area contributed by atoms with Crippen LogP contribution in [-0.4, -0.2) is 29.5 Å². The lowest BCUT2D eigenvalue weighted by atomic mass is 10.1. The maximum absolute atomic E-state index is 12.3. The molecule has 0 N–H and O–H groups in total. The maximum Gasteiger partial charge on any atom is 0.349 e. The number of carbonyl (C=O) groups is 1. The van der Waals surface area contributed by atoms with E-state index in [4.69, 9.17) is 14.2 Å². The highest BCUT2D eigenvalue weighted by molar-refractivity contribution is 5.77. The summed E-state index contributed by atoms with van der Waals surface area (Å²) < 4.78 is 16.3. The Labute approximate surface area is 200 Å². The highest BCUT2D eigenvalue weighted by Gasteiger charge is 2.18. The van der Waals surface area contributed by atoms with Gasteiger partial charge in [-0.1, -0.05) is 30.3 Å². The quantitative estimate of drug-likeness (QED) is 0.133. The van der Waals surface area contributed by atoms with Crippen molar-refractivity contribution in [3.05, 3.63) is 97.1 Å². The van der Waals surface area contributed by atoms with E-state index in [9.17, 15) is 25.0 Å². The fourth-order valence-electron chi connectivity index (χ4n) is 3.31. The molecule has 0 heterocycles. The second-order valence-electron chi connectivity index (χ2n) is 7.48. The van der Waals surface area contributed by atoms with E-state index in [0.29, 0.717) is 11.3 Å². The summed E-state index contributed by atoms with van der Waals surface area (Å²) in [6.07, 6.45) is 3.03. The van der Waals surface area contributed by atoms with Gasteiger partial charge in [-0.25, -0.2) is 4.79 Å². The standard InChI is InChI=1S/C25H22N2O8/c1-16-5-4-6-17(2)25(16)34-15-24(28)35-22-12-8-18(13-23(22)33-3)7-9-19-10-11-20(26(29)30)14-21(19)27(31)32/h4-14H,15H2,1-3H3/b9-7+. The Morgan fingerprint density at radius 3 is 2.26 bits per heavy atom. The molecule has 0 saturated heterocycles. The van der Waals surface area contributed by atoms with Crippen molar-refractivity contribution in [2.24, 2.45) is 0 Å². The van der Waals surface area contributed by atoms with Gasteiger partial charge in [-0.15, -0.1) is 0 Å². The summed E-state index contributed by atoms with van der Waals surface area (Å²) in [5.74, 6) is 0.458. The van der Waals surface area contributed by atoms with Crippen LogP contribution in [0.2, 0.25) is 0 Å². The zero-order valence-corrected chi connectivity index (χ0v) is 19.2. The molecule has 10 heteroatoms. The molecule has 0 bridgehead atoms. The molecule has 35 heavy (non-hydrogen) atoms. The van der Waals surface area contributed by atoms with Crippen LogP contribution in [0.4, 0.5) is 11.4 Å². The molecule has 0 aromatic heterocycles. The summed E-state index contributed by atoms with van der Waals surface area (Å²) in [4.78, 5) is 33.1. The number of methoxy groups -OCH3 is 1. The third-order valence-electron chi connectivity index (χ3n) is 5.03. The van der Waals surface area contributed by atoms with Crippen molar-refractivity contribution in [2.45, 2.75) is 13.8 Å². The number of esters is 1. The van der Waals surface area contributed by atoms with Crippen LogP contribution in [0.1, 0.15) is 22.3 Å². The first-order valence-electron chi connectivity index (χ1n) is 10.4. The predicted molar refractivity (Wildman–Crippen MR) is 129 cm³/mol. The third kappa shape index (κ3) is 6.20. The van der Waals surface area contributed by atoms with E-state index in [1.54, 1.807) is 18.2 Å². The lowest BCUT2D eigenvalue weighted by Crippen LogP contribution is -2.18. The molecule has 3 aromatic carbocycles. The van der Waals surface area contributed by atoms with Crippen LogP contribution < -0.4 is 14.2 Å². The number of hydrogen-bond donors (Lipinski definition) is 0. The number of hydrogen-bond acceptors (Lipinski definition) is 8. The molecule has 0 saturated carbocycles. The van der Waals surface area contributed by atoms with Crippen LogP contribution in [0.3, 0.4) is 0 Å². The zero-order valence-electron chi connectivity index (χ0n) is 19.2. The number of nitro groups is 2. The Morgan fingerprint density at radius 1 is 0.914 bits per heavy atom. The summed E-state index contributed by atoms with van der Waals surface area (Å²) in [6.45, 7) is 3.47. The fraction of sp³-hybridized carbons (Fsp3) is 0.160. The number of aryl methyl sites for hydroxylation is 2. The van der Waals surface area contributed by atoms with Crippen LogP contribution in [0.5, 0.6) is 17.2 Å². The second kappa shape index (κ2) is 10.9. The van der Waals surface area contributed by atoms with Crippen LogP contribution >= 0.6 is 0 Å². The van der Waals surface area contributed by atoms with Gasteiger partial charge in [0.25, 0.3) is 11.4 Å². The molecule has 0 aliphatic rings. The third-order valence-corrected chi connectivity index (χ3v) is 5.03. The van der Waals surface area contributed by atoms with Crippen molar-refractivity contribution in [1.82, 2.24) is 0 Å². The van der Waals surface area contributed by atoms with Crippen molar-refractivity contribution in [2.75, 3.05) is 13.7 Å². The molecule has 10 nitrogen and oxygen atoms in total. The molecule has 180 valence electrons. The molecule has 0 atom stereocenters. The van der Waals surface area contributed by atoms with Crippen LogP contribution in [-0.2, 0) is 4.79 Å². The fourth-order valence-corrected chi connectivity index (χ4v) is 3.31. The first kappa shape index (κ1) is 24.9. The molecular formula is C25H22N2O8. The van der Waals surface area contributed by atoms with E-state index in [2.05, 4.69) is 0 Å². The highest BCUT2D eigenvalue weighted by Crippen LogP contribution is 2.31. The van der Waals surface area contributed by atoms with Gasteiger partial charge in [0.15, 0.2) is 18.1 Å². The SMILES string of the molecule is COc1cc(/C=C/c2ccc([N+](=O)[O-])cc2[N+](=O)[O-])ccc1OC(=O)COc1c(C)cccc1C. The largest absolute Gasteiger partial charge is 0.493 e. The van der Waals surface area contributed by atoms with Crippen LogP contribution in [0, 0.1) is 34.1 Å². The normalized spacial score (nSPS) is 10.7. The summed E-state index contributed by atoms with van der Waals surface area (Å²) in [7, 11) is 1.41. The number of nitro benzene ring substituents is 2. The summed E-state index contributed by atoms with van der Waals surface area (Å²) in [6, 6.07) is 13.8. The number of carbonyl (C=O) groups excluding carboxylic acids is 1. The summed E-state index contributed by atoms with van der Waals surface area (Å²) >= 11 is 0.